The first-order valence-electron chi connectivity index (χ1n) is 8.55. The van der Waals surface area contributed by atoms with E-state index in [2.05, 4.69) is 0 Å². The van der Waals surface area contributed by atoms with Crippen LogP contribution in [0, 0.1) is 0 Å². The Kier molecular flexibility index (Phi) is 6.77. The molecular formula is C19H21O7P. The monoisotopic (exact) mass is 392 g/mol. The predicted molar refractivity (Wildman–Crippen MR) is 96.9 cm³/mol. The molecule has 27 heavy (non-hydrogen) atoms. The molecule has 144 valence electrons. The van der Waals surface area contributed by atoms with Crippen molar-refractivity contribution in [2.24, 2.45) is 0 Å². The molecule has 8 heteroatoms. The van der Waals surface area contributed by atoms with Gasteiger partial charge in [-0.2, -0.15) is 0 Å². The standard InChI is InChI=1S/C19H21O7P/c20-19(21)18-11-17(25-26-18)14-27(22,23-12-15-7-3-1-4-8-15)24-13-16-9-5-2-6-10-16/h1-10,17-18H,11-14H2,(H,20,21). The summed E-state index contributed by atoms with van der Waals surface area (Å²) >= 11 is 0. The fraction of sp³-hybridized carbons (Fsp3) is 0.316. The normalized spacial score (nSPS) is 19.9. The Bertz CT molecular complexity index is 734. The zero-order valence-electron chi connectivity index (χ0n) is 14.6. The lowest BCUT2D eigenvalue weighted by Gasteiger charge is -2.20. The van der Waals surface area contributed by atoms with Crippen LogP contribution < -0.4 is 0 Å². The van der Waals surface area contributed by atoms with Gasteiger partial charge in [0.05, 0.1) is 19.4 Å². The number of benzene rings is 2. The average molecular weight is 392 g/mol. The fourth-order valence-corrected chi connectivity index (χ4v) is 4.28. The molecule has 1 saturated heterocycles. The van der Waals surface area contributed by atoms with Crippen molar-refractivity contribution < 1.29 is 33.3 Å². The number of carboxylic acid groups (broad SMARTS) is 1. The van der Waals surface area contributed by atoms with Crippen molar-refractivity contribution in [2.75, 3.05) is 6.16 Å². The van der Waals surface area contributed by atoms with Gasteiger partial charge < -0.3 is 14.2 Å². The summed E-state index contributed by atoms with van der Waals surface area (Å²) in [5.74, 6) is -1.12. The van der Waals surface area contributed by atoms with Crippen molar-refractivity contribution in [2.45, 2.75) is 31.8 Å². The Morgan fingerprint density at radius 1 is 0.963 bits per heavy atom. The van der Waals surface area contributed by atoms with Gasteiger partial charge >= 0.3 is 13.6 Å². The molecular weight excluding hydrogens is 371 g/mol. The Morgan fingerprint density at radius 3 is 1.93 bits per heavy atom. The molecule has 2 unspecified atom stereocenters. The number of carbonyl (C=O) groups is 1. The maximum Gasteiger partial charge on any atom is 0.336 e. The summed E-state index contributed by atoms with van der Waals surface area (Å²) in [5, 5.41) is 9.00. The van der Waals surface area contributed by atoms with Gasteiger partial charge in [-0.3, -0.25) is 4.57 Å². The molecule has 7 nitrogen and oxygen atoms in total. The van der Waals surface area contributed by atoms with Crippen molar-refractivity contribution in [3.8, 4) is 0 Å². The van der Waals surface area contributed by atoms with Gasteiger partial charge in [0.1, 0.15) is 6.10 Å². The summed E-state index contributed by atoms with van der Waals surface area (Å²) in [7, 11) is -3.55. The van der Waals surface area contributed by atoms with Crippen LogP contribution in [0.3, 0.4) is 0 Å². The van der Waals surface area contributed by atoms with Gasteiger partial charge in [0.25, 0.3) is 0 Å². The van der Waals surface area contributed by atoms with E-state index in [1.165, 1.54) is 0 Å². The quantitative estimate of drug-likeness (QED) is 0.513. The van der Waals surface area contributed by atoms with E-state index in [0.717, 1.165) is 11.1 Å². The molecule has 0 amide bonds. The minimum absolute atomic E-state index is 0.0860. The van der Waals surface area contributed by atoms with E-state index in [4.69, 9.17) is 23.9 Å². The van der Waals surface area contributed by atoms with Crippen LogP contribution in [0.15, 0.2) is 60.7 Å². The van der Waals surface area contributed by atoms with E-state index in [1.807, 2.05) is 60.7 Å². The third kappa shape index (κ3) is 5.99. The van der Waals surface area contributed by atoms with E-state index >= 15 is 0 Å². The van der Waals surface area contributed by atoms with Gasteiger partial charge in [0.2, 0.25) is 0 Å². The van der Waals surface area contributed by atoms with E-state index in [1.54, 1.807) is 0 Å². The van der Waals surface area contributed by atoms with Crippen molar-refractivity contribution in [3.05, 3.63) is 71.8 Å². The molecule has 1 fully saturated rings. The largest absolute Gasteiger partial charge is 0.479 e. The highest BCUT2D eigenvalue weighted by atomic mass is 31.2. The molecule has 3 rings (SSSR count). The first kappa shape index (κ1) is 19.7. The van der Waals surface area contributed by atoms with Gasteiger partial charge in [0, 0.05) is 6.42 Å². The van der Waals surface area contributed by atoms with Crippen LogP contribution in [0.5, 0.6) is 0 Å². The minimum Gasteiger partial charge on any atom is -0.479 e. The molecule has 0 aromatic heterocycles. The molecule has 2 atom stereocenters. The van der Waals surface area contributed by atoms with E-state index < -0.39 is 25.8 Å². The lowest BCUT2D eigenvalue weighted by atomic mass is 10.2. The second-order valence-electron chi connectivity index (χ2n) is 6.19. The molecule has 2 aromatic rings. The summed E-state index contributed by atoms with van der Waals surface area (Å²) < 4.78 is 24.6. The lowest BCUT2D eigenvalue weighted by Crippen LogP contribution is -2.20. The molecule has 0 bridgehead atoms. The van der Waals surface area contributed by atoms with Gasteiger partial charge in [-0.15, -0.1) is 0 Å². The van der Waals surface area contributed by atoms with Crippen molar-refractivity contribution >= 4 is 13.6 Å². The number of rotatable bonds is 9. The number of aliphatic carboxylic acids is 1. The van der Waals surface area contributed by atoms with Crippen LogP contribution in [-0.2, 0) is 41.4 Å². The molecule has 1 aliphatic rings. The zero-order chi connectivity index (χ0) is 19.1. The van der Waals surface area contributed by atoms with Gasteiger partial charge in [-0.05, 0) is 11.1 Å². The first-order valence-corrected chi connectivity index (χ1v) is 10.3. The molecule has 0 spiro atoms. The predicted octanol–water partition coefficient (Wildman–Crippen LogP) is 3.79. The van der Waals surface area contributed by atoms with Crippen LogP contribution >= 0.6 is 7.60 Å². The lowest BCUT2D eigenvalue weighted by molar-refractivity contribution is -0.290. The average Bonchev–Trinajstić information content (AvgIpc) is 3.15. The molecule has 0 saturated carbocycles. The van der Waals surface area contributed by atoms with Crippen molar-refractivity contribution in [3.63, 3.8) is 0 Å². The Morgan fingerprint density at radius 2 is 1.48 bits per heavy atom. The van der Waals surface area contributed by atoms with Crippen LogP contribution in [0.2, 0.25) is 0 Å². The maximum absolute atomic E-state index is 13.3. The molecule has 0 aliphatic carbocycles. The van der Waals surface area contributed by atoms with E-state index in [0.29, 0.717) is 0 Å². The molecule has 2 aromatic carbocycles. The molecule has 1 N–H and O–H groups in total. The minimum atomic E-state index is -3.55. The summed E-state index contributed by atoms with van der Waals surface area (Å²) in [4.78, 5) is 20.8. The Balaban J connectivity index is 1.65. The first-order chi connectivity index (χ1) is 13.0. The molecule has 1 aliphatic heterocycles. The summed E-state index contributed by atoms with van der Waals surface area (Å²) in [5.41, 5.74) is 1.71. The highest BCUT2D eigenvalue weighted by molar-refractivity contribution is 7.53. The maximum atomic E-state index is 13.3. The van der Waals surface area contributed by atoms with E-state index in [-0.39, 0.29) is 25.8 Å². The third-order valence-corrected chi connectivity index (χ3v) is 5.93. The number of hydrogen-bond acceptors (Lipinski definition) is 6. The zero-order valence-corrected chi connectivity index (χ0v) is 15.5. The Hall–Kier alpha value is -2.02. The number of carboxylic acids is 1. The van der Waals surface area contributed by atoms with Gasteiger partial charge in [-0.25, -0.2) is 14.6 Å². The molecule has 1 heterocycles. The second-order valence-corrected chi connectivity index (χ2v) is 8.29. The van der Waals surface area contributed by atoms with Gasteiger partial charge in [0.15, 0.2) is 6.10 Å². The molecule has 0 radical (unpaired) electrons. The SMILES string of the molecule is O=C(O)C1CC(CP(=O)(OCc2ccccc2)OCc2ccccc2)OO1. The topological polar surface area (TPSA) is 91.3 Å². The highest BCUT2D eigenvalue weighted by Gasteiger charge is 2.39. The van der Waals surface area contributed by atoms with Crippen molar-refractivity contribution in [1.29, 1.82) is 0 Å². The fourth-order valence-electron chi connectivity index (χ4n) is 2.60. The smallest absolute Gasteiger partial charge is 0.336 e. The number of hydrogen-bond donors (Lipinski definition) is 1. The van der Waals surface area contributed by atoms with E-state index in [9.17, 15) is 9.36 Å². The van der Waals surface area contributed by atoms with Crippen LogP contribution in [-0.4, -0.2) is 29.4 Å². The summed E-state index contributed by atoms with van der Waals surface area (Å²) in [6, 6.07) is 18.6. The van der Waals surface area contributed by atoms with Crippen LogP contribution in [0.25, 0.3) is 0 Å². The van der Waals surface area contributed by atoms with Crippen molar-refractivity contribution in [1.82, 2.24) is 0 Å². The third-order valence-electron chi connectivity index (χ3n) is 4.03. The van der Waals surface area contributed by atoms with Crippen LogP contribution in [0.1, 0.15) is 17.5 Å². The van der Waals surface area contributed by atoms with Gasteiger partial charge in [-0.1, -0.05) is 60.7 Å². The highest BCUT2D eigenvalue weighted by Crippen LogP contribution is 2.51. The van der Waals surface area contributed by atoms with Crippen LogP contribution in [0.4, 0.5) is 0 Å². The second kappa shape index (κ2) is 9.26. The Labute approximate surface area is 157 Å². The summed E-state index contributed by atoms with van der Waals surface area (Å²) in [6.45, 7) is 0.228. The summed E-state index contributed by atoms with van der Waals surface area (Å²) in [6.07, 6.45) is -1.76.